The molecule has 0 aliphatic carbocycles. The molecule has 0 aromatic heterocycles. The molecule has 2 N–H and O–H groups in total. The lowest BCUT2D eigenvalue weighted by molar-refractivity contribution is -0.132. The molecule has 1 amide bonds. The molecule has 1 saturated heterocycles. The van der Waals surface area contributed by atoms with Crippen LogP contribution in [0.3, 0.4) is 0 Å². The van der Waals surface area contributed by atoms with Crippen LogP contribution >= 0.6 is 24.0 Å². The van der Waals surface area contributed by atoms with Crippen molar-refractivity contribution in [2.75, 3.05) is 26.2 Å². The van der Waals surface area contributed by atoms with Crippen LogP contribution in [0.2, 0.25) is 0 Å². The van der Waals surface area contributed by atoms with Crippen molar-refractivity contribution in [1.29, 1.82) is 0 Å². The van der Waals surface area contributed by atoms with Crippen molar-refractivity contribution in [2.45, 2.75) is 59.9 Å². The lowest BCUT2D eigenvalue weighted by atomic mass is 10.00. The normalized spacial score (nSPS) is 20.0. The molecular weight excluding hydrogens is 403 g/mol. The van der Waals surface area contributed by atoms with Crippen LogP contribution in [0, 0.1) is 11.8 Å². The predicted molar refractivity (Wildman–Crippen MR) is 108 cm³/mol. The lowest BCUT2D eigenvalue weighted by Crippen LogP contribution is -2.44. The van der Waals surface area contributed by atoms with E-state index in [1.54, 1.807) is 0 Å². The number of carbonyl (C=O) groups is 1. The van der Waals surface area contributed by atoms with Gasteiger partial charge < -0.3 is 15.5 Å². The van der Waals surface area contributed by atoms with Crippen LogP contribution in [-0.2, 0) is 4.79 Å². The van der Waals surface area contributed by atoms with E-state index in [1.165, 1.54) is 6.42 Å². The smallest absolute Gasteiger partial charge is 0.224 e. The van der Waals surface area contributed by atoms with Crippen LogP contribution in [0.25, 0.3) is 0 Å². The van der Waals surface area contributed by atoms with Crippen LogP contribution in [0.4, 0.5) is 0 Å². The summed E-state index contributed by atoms with van der Waals surface area (Å²) in [5.74, 6) is 2.22. The van der Waals surface area contributed by atoms with Gasteiger partial charge in [0.2, 0.25) is 5.91 Å². The average Bonchev–Trinajstić information content (AvgIpc) is 2.47. The second-order valence-electron chi connectivity index (χ2n) is 6.77. The van der Waals surface area contributed by atoms with Gasteiger partial charge in [-0.1, -0.05) is 20.8 Å². The van der Waals surface area contributed by atoms with Gasteiger partial charge in [0.25, 0.3) is 0 Å². The van der Waals surface area contributed by atoms with Gasteiger partial charge >= 0.3 is 0 Å². The minimum absolute atomic E-state index is 0. The Morgan fingerprint density at radius 1 is 1.35 bits per heavy atom. The topological polar surface area (TPSA) is 56.7 Å². The number of guanidine groups is 1. The Hall–Kier alpha value is -0.530. The van der Waals surface area contributed by atoms with Gasteiger partial charge in [0, 0.05) is 32.1 Å². The number of nitrogens with one attached hydrogen (secondary N) is 2. The van der Waals surface area contributed by atoms with E-state index in [0.29, 0.717) is 30.8 Å². The Labute approximate surface area is 159 Å². The number of halogens is 1. The third-order valence-electron chi connectivity index (χ3n) is 4.31. The lowest BCUT2D eigenvalue weighted by Gasteiger charge is -2.30. The van der Waals surface area contributed by atoms with Crippen LogP contribution in [-0.4, -0.2) is 49.0 Å². The zero-order valence-corrected chi connectivity index (χ0v) is 17.7. The van der Waals surface area contributed by atoms with E-state index in [1.807, 2.05) is 4.90 Å². The van der Waals surface area contributed by atoms with Crippen molar-refractivity contribution >= 4 is 35.8 Å². The first kappa shape index (κ1) is 22.5. The van der Waals surface area contributed by atoms with Crippen LogP contribution < -0.4 is 10.6 Å². The Morgan fingerprint density at radius 2 is 2.04 bits per heavy atom. The molecule has 136 valence electrons. The van der Waals surface area contributed by atoms with E-state index in [0.717, 1.165) is 32.0 Å². The maximum Gasteiger partial charge on any atom is 0.224 e. The van der Waals surface area contributed by atoms with Crippen LogP contribution in [0.1, 0.15) is 53.9 Å². The maximum atomic E-state index is 12.2. The molecule has 1 heterocycles. The molecule has 0 aromatic carbocycles. The summed E-state index contributed by atoms with van der Waals surface area (Å²) in [6.45, 7) is 14.0. The van der Waals surface area contributed by atoms with E-state index < -0.39 is 0 Å². The molecule has 0 radical (unpaired) electrons. The summed E-state index contributed by atoms with van der Waals surface area (Å²) in [5.41, 5.74) is 0. The van der Waals surface area contributed by atoms with Crippen molar-refractivity contribution in [2.24, 2.45) is 16.8 Å². The standard InChI is InChI=1S/C17H34N4O.HI/c1-6-18-17(20-15(5)13(2)3)19-10-9-16(22)21-11-7-8-14(4)12-21;/h13-15H,6-12H2,1-5H3,(H2,18,19,20);1H. The van der Waals surface area contributed by atoms with Crippen molar-refractivity contribution in [3.63, 3.8) is 0 Å². The highest BCUT2D eigenvalue weighted by atomic mass is 127. The molecule has 2 unspecified atom stereocenters. The maximum absolute atomic E-state index is 12.2. The molecule has 5 nitrogen and oxygen atoms in total. The monoisotopic (exact) mass is 438 g/mol. The second-order valence-corrected chi connectivity index (χ2v) is 6.77. The molecule has 0 aromatic rings. The first-order valence-corrected chi connectivity index (χ1v) is 8.76. The quantitative estimate of drug-likeness (QED) is 0.381. The molecule has 0 bridgehead atoms. The first-order chi connectivity index (χ1) is 10.4. The van der Waals surface area contributed by atoms with Crippen LogP contribution in [0.5, 0.6) is 0 Å². The number of amides is 1. The Kier molecular flexibility index (Phi) is 11.6. The minimum Gasteiger partial charge on any atom is -0.357 e. The van der Waals surface area contributed by atoms with Crippen LogP contribution in [0.15, 0.2) is 4.99 Å². The van der Waals surface area contributed by atoms with E-state index >= 15 is 0 Å². The van der Waals surface area contributed by atoms with E-state index in [9.17, 15) is 4.79 Å². The summed E-state index contributed by atoms with van der Waals surface area (Å²) in [6.07, 6.45) is 2.87. The highest BCUT2D eigenvalue weighted by molar-refractivity contribution is 14.0. The van der Waals surface area contributed by atoms with Gasteiger partial charge in [0.05, 0.1) is 6.54 Å². The third kappa shape index (κ3) is 8.77. The SMILES string of the molecule is CCNC(=NCCC(=O)N1CCCC(C)C1)NC(C)C(C)C.I. The Morgan fingerprint density at radius 3 is 2.61 bits per heavy atom. The summed E-state index contributed by atoms with van der Waals surface area (Å²) in [7, 11) is 0. The van der Waals surface area contributed by atoms with Crippen molar-refractivity contribution in [3.8, 4) is 0 Å². The molecule has 6 heteroatoms. The van der Waals surface area contributed by atoms with Crippen molar-refractivity contribution < 1.29 is 4.79 Å². The molecular formula is C17H35IN4O. The van der Waals surface area contributed by atoms with Gasteiger partial charge in [-0.15, -0.1) is 24.0 Å². The van der Waals surface area contributed by atoms with Gasteiger partial charge in [-0.2, -0.15) is 0 Å². The number of hydrogen-bond donors (Lipinski definition) is 2. The van der Waals surface area contributed by atoms with Gasteiger partial charge in [-0.05, 0) is 38.5 Å². The average molecular weight is 438 g/mol. The Balaban J connectivity index is 0.00000484. The fourth-order valence-corrected chi connectivity index (χ4v) is 2.54. The van der Waals surface area contributed by atoms with Crippen molar-refractivity contribution in [3.05, 3.63) is 0 Å². The molecule has 2 atom stereocenters. The zero-order chi connectivity index (χ0) is 16.5. The number of carbonyl (C=O) groups excluding carboxylic acids is 1. The van der Waals surface area contributed by atoms with Gasteiger partial charge in [0.1, 0.15) is 0 Å². The summed E-state index contributed by atoms with van der Waals surface area (Å²) in [6, 6.07) is 0.358. The van der Waals surface area contributed by atoms with Gasteiger partial charge in [0.15, 0.2) is 5.96 Å². The molecule has 23 heavy (non-hydrogen) atoms. The number of likely N-dealkylation sites (tertiary alicyclic amines) is 1. The molecule has 0 saturated carbocycles. The first-order valence-electron chi connectivity index (χ1n) is 8.76. The van der Waals surface area contributed by atoms with E-state index in [4.69, 9.17) is 0 Å². The summed E-state index contributed by atoms with van der Waals surface area (Å²) >= 11 is 0. The fraction of sp³-hybridized carbons (Fsp3) is 0.882. The largest absolute Gasteiger partial charge is 0.357 e. The molecule has 1 aliphatic heterocycles. The van der Waals surface area contributed by atoms with E-state index in [2.05, 4.69) is 50.2 Å². The van der Waals surface area contributed by atoms with Gasteiger partial charge in [-0.3, -0.25) is 9.79 Å². The predicted octanol–water partition coefficient (Wildman–Crippen LogP) is 2.85. The number of rotatable bonds is 6. The minimum atomic E-state index is 0. The molecule has 1 rings (SSSR count). The summed E-state index contributed by atoms with van der Waals surface area (Å²) in [5, 5.41) is 6.63. The zero-order valence-electron chi connectivity index (χ0n) is 15.4. The Bertz CT molecular complexity index is 374. The number of nitrogens with zero attached hydrogens (tertiary/aromatic N) is 2. The number of hydrogen-bond acceptors (Lipinski definition) is 2. The fourth-order valence-electron chi connectivity index (χ4n) is 2.54. The van der Waals surface area contributed by atoms with E-state index in [-0.39, 0.29) is 29.9 Å². The van der Waals surface area contributed by atoms with Crippen molar-refractivity contribution in [1.82, 2.24) is 15.5 Å². The summed E-state index contributed by atoms with van der Waals surface area (Å²) in [4.78, 5) is 18.8. The molecule has 0 spiro atoms. The molecule has 1 aliphatic rings. The highest BCUT2D eigenvalue weighted by Gasteiger charge is 2.20. The highest BCUT2D eigenvalue weighted by Crippen LogP contribution is 2.16. The summed E-state index contributed by atoms with van der Waals surface area (Å²) < 4.78 is 0. The number of aliphatic imine (C=N–C) groups is 1. The third-order valence-corrected chi connectivity index (χ3v) is 4.31. The van der Waals surface area contributed by atoms with Gasteiger partial charge in [-0.25, -0.2) is 0 Å². The molecule has 1 fully saturated rings. The second kappa shape index (κ2) is 11.9. The number of piperidine rings is 1.